The fraction of sp³-hybridized carbons (Fsp3) is 0.714. The summed E-state index contributed by atoms with van der Waals surface area (Å²) in [5.74, 6) is 0. The summed E-state index contributed by atoms with van der Waals surface area (Å²) in [6, 6.07) is 0.407. The molecule has 0 N–H and O–H groups in total. The van der Waals surface area contributed by atoms with Gasteiger partial charge in [-0.2, -0.15) is 10.2 Å². The largest absolute Gasteiger partial charge is 0.186 e. The van der Waals surface area contributed by atoms with Gasteiger partial charge in [-0.1, -0.05) is 19.9 Å². The summed E-state index contributed by atoms with van der Waals surface area (Å²) in [6.07, 6.45) is 4.81. The monoisotopic (exact) mass is 126 g/mol. The van der Waals surface area contributed by atoms with E-state index < -0.39 is 0 Å². The molecule has 0 saturated heterocycles. The van der Waals surface area contributed by atoms with Crippen LogP contribution < -0.4 is 0 Å². The molecule has 0 radical (unpaired) electrons. The van der Waals surface area contributed by atoms with Crippen LogP contribution in [-0.2, 0) is 0 Å². The second kappa shape index (κ2) is 5.48. The third kappa shape index (κ3) is 3.88. The standard InChI is InChI=1S/C5H8N2.C2H6/c1-5-3-2-4-6-7-5;1-2/h2,4-5H,3H2,1H3;1-2H3. The Bertz CT molecular complexity index is 105. The Morgan fingerprint density at radius 2 is 2.11 bits per heavy atom. The molecule has 1 rings (SSSR count). The van der Waals surface area contributed by atoms with Gasteiger partial charge in [0.05, 0.1) is 6.04 Å². The van der Waals surface area contributed by atoms with Crippen LogP contribution >= 0.6 is 0 Å². The Morgan fingerprint density at radius 3 is 2.33 bits per heavy atom. The van der Waals surface area contributed by atoms with E-state index >= 15 is 0 Å². The first-order valence-corrected chi connectivity index (χ1v) is 3.44. The maximum atomic E-state index is 3.87. The molecule has 0 fully saturated rings. The Labute approximate surface area is 56.7 Å². The van der Waals surface area contributed by atoms with Crippen LogP contribution in [0.4, 0.5) is 0 Å². The predicted molar refractivity (Wildman–Crippen MR) is 39.4 cm³/mol. The van der Waals surface area contributed by atoms with Crippen molar-refractivity contribution in [3.05, 3.63) is 12.3 Å². The SMILES string of the molecule is CC.CC1CC=CN=N1. The smallest absolute Gasteiger partial charge is 0.0719 e. The molecule has 1 unspecified atom stereocenters. The lowest BCUT2D eigenvalue weighted by Crippen LogP contribution is -1.95. The van der Waals surface area contributed by atoms with Crippen LogP contribution in [0.2, 0.25) is 0 Å². The molecule has 0 amide bonds. The van der Waals surface area contributed by atoms with Gasteiger partial charge in [-0.15, -0.1) is 0 Å². The fourth-order valence-corrected chi connectivity index (χ4v) is 0.504. The van der Waals surface area contributed by atoms with E-state index in [9.17, 15) is 0 Å². The Morgan fingerprint density at radius 1 is 1.44 bits per heavy atom. The number of nitrogens with zero attached hydrogens (tertiary/aromatic N) is 2. The molecular weight excluding hydrogens is 112 g/mol. The van der Waals surface area contributed by atoms with Crippen LogP contribution in [-0.4, -0.2) is 6.04 Å². The highest BCUT2D eigenvalue weighted by atomic mass is 15.1. The van der Waals surface area contributed by atoms with Crippen LogP contribution in [0.5, 0.6) is 0 Å². The number of hydrogen-bond donors (Lipinski definition) is 0. The van der Waals surface area contributed by atoms with Crippen molar-refractivity contribution >= 4 is 0 Å². The van der Waals surface area contributed by atoms with E-state index in [1.807, 2.05) is 26.8 Å². The molecule has 0 bridgehead atoms. The van der Waals surface area contributed by atoms with E-state index in [0.29, 0.717) is 6.04 Å². The maximum absolute atomic E-state index is 3.87. The quantitative estimate of drug-likeness (QED) is 0.477. The van der Waals surface area contributed by atoms with Gasteiger partial charge in [-0.25, -0.2) is 0 Å². The van der Waals surface area contributed by atoms with Gasteiger partial charge in [0.2, 0.25) is 0 Å². The van der Waals surface area contributed by atoms with Crippen LogP contribution in [0.3, 0.4) is 0 Å². The normalized spacial score (nSPS) is 22.8. The van der Waals surface area contributed by atoms with Crippen molar-refractivity contribution in [2.24, 2.45) is 10.2 Å². The lowest BCUT2D eigenvalue weighted by atomic mass is 10.2. The highest BCUT2D eigenvalue weighted by Crippen LogP contribution is 2.03. The van der Waals surface area contributed by atoms with Gasteiger partial charge in [-0.05, 0) is 13.3 Å². The first kappa shape index (κ1) is 8.34. The van der Waals surface area contributed by atoms with Crippen molar-refractivity contribution in [3.63, 3.8) is 0 Å². The first-order chi connectivity index (χ1) is 4.39. The summed E-state index contributed by atoms with van der Waals surface area (Å²) in [7, 11) is 0. The van der Waals surface area contributed by atoms with Gasteiger partial charge in [0, 0.05) is 6.20 Å². The van der Waals surface area contributed by atoms with Crippen molar-refractivity contribution in [2.75, 3.05) is 0 Å². The molecule has 9 heavy (non-hydrogen) atoms. The summed E-state index contributed by atoms with van der Waals surface area (Å²) in [4.78, 5) is 0. The Hall–Kier alpha value is -0.660. The maximum Gasteiger partial charge on any atom is 0.0719 e. The molecule has 0 saturated carbocycles. The van der Waals surface area contributed by atoms with Crippen LogP contribution in [0.15, 0.2) is 22.5 Å². The van der Waals surface area contributed by atoms with E-state index in [0.717, 1.165) is 6.42 Å². The molecule has 1 atom stereocenters. The highest BCUT2D eigenvalue weighted by molar-refractivity contribution is 4.86. The average molecular weight is 126 g/mol. The molecule has 0 aromatic rings. The lowest BCUT2D eigenvalue weighted by Gasteiger charge is -2.00. The number of azo groups is 1. The minimum Gasteiger partial charge on any atom is -0.186 e. The molecular formula is C7H14N2. The van der Waals surface area contributed by atoms with E-state index in [1.165, 1.54) is 0 Å². The van der Waals surface area contributed by atoms with Gasteiger partial charge in [0.15, 0.2) is 0 Å². The zero-order valence-corrected chi connectivity index (χ0v) is 6.33. The Kier molecular flexibility index (Phi) is 5.07. The molecule has 0 aliphatic carbocycles. The van der Waals surface area contributed by atoms with Gasteiger partial charge in [0.1, 0.15) is 0 Å². The van der Waals surface area contributed by atoms with E-state index in [4.69, 9.17) is 0 Å². The van der Waals surface area contributed by atoms with Gasteiger partial charge >= 0.3 is 0 Å². The number of hydrogen-bond acceptors (Lipinski definition) is 2. The zero-order chi connectivity index (χ0) is 7.11. The lowest BCUT2D eigenvalue weighted by molar-refractivity contribution is 0.694. The Balaban J connectivity index is 0.000000291. The third-order valence-corrected chi connectivity index (χ3v) is 0.913. The summed E-state index contributed by atoms with van der Waals surface area (Å²) >= 11 is 0. The van der Waals surface area contributed by atoms with E-state index in [-0.39, 0.29) is 0 Å². The fourth-order valence-electron chi connectivity index (χ4n) is 0.504. The molecule has 2 heteroatoms. The van der Waals surface area contributed by atoms with Gasteiger partial charge < -0.3 is 0 Å². The van der Waals surface area contributed by atoms with Crippen molar-refractivity contribution < 1.29 is 0 Å². The minimum absolute atomic E-state index is 0.407. The molecule has 1 heterocycles. The first-order valence-electron chi connectivity index (χ1n) is 3.44. The van der Waals surface area contributed by atoms with Crippen LogP contribution in [0, 0.1) is 0 Å². The van der Waals surface area contributed by atoms with Crippen molar-refractivity contribution in [1.82, 2.24) is 0 Å². The van der Waals surface area contributed by atoms with E-state index in [2.05, 4.69) is 10.2 Å². The highest BCUT2D eigenvalue weighted by Gasteiger charge is 1.95. The molecule has 0 spiro atoms. The second-order valence-electron chi connectivity index (χ2n) is 1.70. The molecule has 2 nitrogen and oxygen atoms in total. The minimum atomic E-state index is 0.407. The average Bonchev–Trinajstić information content (AvgIpc) is 1.94. The predicted octanol–water partition coefficient (Wildman–Crippen LogP) is 2.77. The molecule has 0 aromatic heterocycles. The van der Waals surface area contributed by atoms with Gasteiger partial charge in [-0.3, -0.25) is 0 Å². The van der Waals surface area contributed by atoms with Crippen molar-refractivity contribution in [1.29, 1.82) is 0 Å². The van der Waals surface area contributed by atoms with Crippen molar-refractivity contribution in [3.8, 4) is 0 Å². The zero-order valence-electron chi connectivity index (χ0n) is 6.33. The van der Waals surface area contributed by atoms with Crippen LogP contribution in [0.1, 0.15) is 27.2 Å². The van der Waals surface area contributed by atoms with Crippen LogP contribution in [0.25, 0.3) is 0 Å². The summed E-state index contributed by atoms with van der Waals surface area (Å²) < 4.78 is 0. The number of rotatable bonds is 0. The summed E-state index contributed by atoms with van der Waals surface area (Å²) in [5.41, 5.74) is 0. The summed E-state index contributed by atoms with van der Waals surface area (Å²) in [6.45, 7) is 6.05. The van der Waals surface area contributed by atoms with E-state index in [1.54, 1.807) is 6.20 Å². The second-order valence-corrected chi connectivity index (χ2v) is 1.70. The topological polar surface area (TPSA) is 24.7 Å². The molecule has 1 aliphatic heterocycles. The summed E-state index contributed by atoms with van der Waals surface area (Å²) in [5, 5.41) is 7.57. The molecule has 1 aliphatic rings. The van der Waals surface area contributed by atoms with Crippen molar-refractivity contribution in [2.45, 2.75) is 33.2 Å². The van der Waals surface area contributed by atoms with Gasteiger partial charge in [0.25, 0.3) is 0 Å². The molecule has 0 aromatic carbocycles. The molecule has 52 valence electrons. The third-order valence-electron chi connectivity index (χ3n) is 0.913.